The first kappa shape index (κ1) is 14.6. The minimum absolute atomic E-state index is 0.343. The monoisotopic (exact) mass is 275 g/mol. The van der Waals surface area contributed by atoms with Crippen LogP contribution in [0, 0.1) is 5.92 Å². The molecule has 0 bridgehead atoms. The summed E-state index contributed by atoms with van der Waals surface area (Å²) in [5.41, 5.74) is 5.94. The van der Waals surface area contributed by atoms with E-state index in [1.54, 1.807) is 24.3 Å². The maximum atomic E-state index is 11.9. The van der Waals surface area contributed by atoms with Crippen molar-refractivity contribution >= 4 is 11.9 Å². The van der Waals surface area contributed by atoms with E-state index >= 15 is 0 Å². The predicted octanol–water partition coefficient (Wildman–Crippen LogP) is 2.73. The summed E-state index contributed by atoms with van der Waals surface area (Å²) in [7, 11) is 0. The first-order valence-electron chi connectivity index (χ1n) is 7.20. The molecule has 0 radical (unpaired) electrons. The molecular formula is C16H21NO3. The molecule has 1 saturated carbocycles. The van der Waals surface area contributed by atoms with Crippen molar-refractivity contribution in [2.75, 3.05) is 0 Å². The van der Waals surface area contributed by atoms with Gasteiger partial charge in [0.15, 0.2) is 0 Å². The molecule has 4 nitrogen and oxygen atoms in total. The molecule has 2 rings (SSSR count). The minimum atomic E-state index is -0.979. The number of carbonyl (C=O) groups excluding carboxylic acids is 2. The molecule has 1 aliphatic carbocycles. The quantitative estimate of drug-likeness (QED) is 0.811. The van der Waals surface area contributed by atoms with E-state index in [-0.39, 0.29) is 5.97 Å². The Morgan fingerprint density at radius 3 is 2.45 bits per heavy atom. The Morgan fingerprint density at radius 2 is 1.85 bits per heavy atom. The molecule has 1 aromatic rings. The number of benzene rings is 1. The molecule has 0 aliphatic heterocycles. The summed E-state index contributed by atoms with van der Waals surface area (Å²) >= 11 is 0. The molecular weight excluding hydrogens is 254 g/mol. The molecule has 1 fully saturated rings. The number of esters is 1. The molecule has 1 unspecified atom stereocenters. The third-order valence-electron chi connectivity index (χ3n) is 3.84. The molecule has 0 spiro atoms. The van der Waals surface area contributed by atoms with Crippen LogP contribution in [-0.2, 0) is 14.3 Å². The number of carbonyl (C=O) groups is 2. The predicted molar refractivity (Wildman–Crippen MR) is 75.7 cm³/mol. The standard InChI is InChI=1S/C16H21NO3/c17-16(19)15(13-8-2-1-3-9-13)20-14(18)11-10-12-6-4-5-7-12/h1-3,8-9,12,15H,4-7,10-11H2,(H2,17,19). The van der Waals surface area contributed by atoms with Crippen LogP contribution in [-0.4, -0.2) is 11.9 Å². The van der Waals surface area contributed by atoms with Gasteiger partial charge in [-0.2, -0.15) is 0 Å². The molecule has 0 heterocycles. The Kier molecular flexibility index (Phi) is 5.16. The average Bonchev–Trinajstić information content (AvgIpc) is 2.96. The highest BCUT2D eigenvalue weighted by Crippen LogP contribution is 2.29. The van der Waals surface area contributed by atoms with Gasteiger partial charge in [-0.15, -0.1) is 0 Å². The zero-order valence-corrected chi connectivity index (χ0v) is 11.6. The lowest BCUT2D eigenvalue weighted by Crippen LogP contribution is -2.26. The SMILES string of the molecule is NC(=O)C(OC(=O)CCC1CCCC1)c1ccccc1. The molecule has 20 heavy (non-hydrogen) atoms. The van der Waals surface area contributed by atoms with Gasteiger partial charge in [-0.1, -0.05) is 56.0 Å². The van der Waals surface area contributed by atoms with Gasteiger partial charge in [0.2, 0.25) is 6.10 Å². The molecule has 0 saturated heterocycles. The summed E-state index contributed by atoms with van der Waals surface area (Å²) in [6, 6.07) is 8.89. The topological polar surface area (TPSA) is 69.4 Å². The summed E-state index contributed by atoms with van der Waals surface area (Å²) in [5.74, 6) is -0.346. The third-order valence-corrected chi connectivity index (χ3v) is 3.84. The van der Waals surface area contributed by atoms with E-state index in [0.29, 0.717) is 17.9 Å². The van der Waals surface area contributed by atoms with Crippen molar-refractivity contribution in [1.82, 2.24) is 0 Å². The zero-order valence-electron chi connectivity index (χ0n) is 11.6. The normalized spacial score (nSPS) is 16.8. The maximum absolute atomic E-state index is 11.9. The first-order valence-corrected chi connectivity index (χ1v) is 7.20. The number of ether oxygens (including phenoxy) is 1. The molecule has 1 amide bonds. The minimum Gasteiger partial charge on any atom is -0.447 e. The van der Waals surface area contributed by atoms with Crippen LogP contribution in [0.3, 0.4) is 0 Å². The fourth-order valence-corrected chi connectivity index (χ4v) is 2.73. The van der Waals surface area contributed by atoms with Crippen LogP contribution >= 0.6 is 0 Å². The second-order valence-electron chi connectivity index (χ2n) is 5.37. The average molecular weight is 275 g/mol. The summed E-state index contributed by atoms with van der Waals surface area (Å²) in [5, 5.41) is 0. The van der Waals surface area contributed by atoms with Crippen molar-refractivity contribution in [2.24, 2.45) is 11.7 Å². The van der Waals surface area contributed by atoms with Gasteiger partial charge >= 0.3 is 5.97 Å². The molecule has 108 valence electrons. The molecule has 4 heteroatoms. The van der Waals surface area contributed by atoms with E-state index < -0.39 is 12.0 Å². The number of amides is 1. The van der Waals surface area contributed by atoms with Gasteiger partial charge < -0.3 is 10.5 Å². The van der Waals surface area contributed by atoms with Crippen molar-refractivity contribution in [2.45, 2.75) is 44.6 Å². The Hall–Kier alpha value is -1.84. The number of hydrogen-bond donors (Lipinski definition) is 1. The van der Waals surface area contributed by atoms with Crippen LogP contribution in [0.15, 0.2) is 30.3 Å². The largest absolute Gasteiger partial charge is 0.447 e. The van der Waals surface area contributed by atoms with Crippen LogP contribution in [0.25, 0.3) is 0 Å². The van der Waals surface area contributed by atoms with Crippen LogP contribution in [0.2, 0.25) is 0 Å². The first-order chi connectivity index (χ1) is 9.66. The van der Waals surface area contributed by atoms with E-state index in [0.717, 1.165) is 6.42 Å². The number of rotatable bonds is 6. The van der Waals surface area contributed by atoms with Crippen molar-refractivity contribution in [3.8, 4) is 0 Å². The fraction of sp³-hybridized carbons (Fsp3) is 0.500. The van der Waals surface area contributed by atoms with E-state index in [2.05, 4.69) is 0 Å². The zero-order chi connectivity index (χ0) is 14.4. The Balaban J connectivity index is 1.87. The number of nitrogens with two attached hydrogens (primary N) is 1. The van der Waals surface area contributed by atoms with Crippen molar-refractivity contribution in [3.05, 3.63) is 35.9 Å². The van der Waals surface area contributed by atoms with Crippen molar-refractivity contribution < 1.29 is 14.3 Å². The summed E-state index contributed by atoms with van der Waals surface area (Å²) in [6.07, 6.45) is 5.14. The van der Waals surface area contributed by atoms with Gasteiger partial charge in [0.05, 0.1) is 0 Å². The molecule has 2 N–H and O–H groups in total. The van der Waals surface area contributed by atoms with Gasteiger partial charge in [0.25, 0.3) is 5.91 Å². The summed E-state index contributed by atoms with van der Waals surface area (Å²) in [6.45, 7) is 0. The number of primary amides is 1. The fourth-order valence-electron chi connectivity index (χ4n) is 2.73. The van der Waals surface area contributed by atoms with Crippen LogP contribution in [0.4, 0.5) is 0 Å². The van der Waals surface area contributed by atoms with E-state index in [4.69, 9.17) is 10.5 Å². The molecule has 0 aromatic heterocycles. The highest BCUT2D eigenvalue weighted by molar-refractivity contribution is 5.83. The van der Waals surface area contributed by atoms with Gasteiger partial charge in [-0.3, -0.25) is 9.59 Å². The smallest absolute Gasteiger partial charge is 0.306 e. The van der Waals surface area contributed by atoms with E-state index in [1.807, 2.05) is 6.07 Å². The second-order valence-corrected chi connectivity index (χ2v) is 5.37. The van der Waals surface area contributed by atoms with Gasteiger partial charge in [-0.25, -0.2) is 0 Å². The molecule has 1 aliphatic rings. The van der Waals surface area contributed by atoms with E-state index in [1.165, 1.54) is 25.7 Å². The maximum Gasteiger partial charge on any atom is 0.306 e. The highest BCUT2D eigenvalue weighted by atomic mass is 16.5. The Labute approximate surface area is 119 Å². The van der Waals surface area contributed by atoms with Gasteiger partial charge in [-0.05, 0) is 12.3 Å². The second kappa shape index (κ2) is 7.08. The van der Waals surface area contributed by atoms with Gasteiger partial charge in [0.1, 0.15) is 0 Å². The number of hydrogen-bond acceptors (Lipinski definition) is 3. The lowest BCUT2D eigenvalue weighted by Gasteiger charge is -2.15. The highest BCUT2D eigenvalue weighted by Gasteiger charge is 2.23. The third kappa shape index (κ3) is 4.08. The van der Waals surface area contributed by atoms with Crippen LogP contribution < -0.4 is 5.73 Å². The Bertz CT molecular complexity index is 452. The lowest BCUT2D eigenvalue weighted by molar-refractivity contribution is -0.155. The van der Waals surface area contributed by atoms with Crippen LogP contribution in [0.1, 0.15) is 50.2 Å². The van der Waals surface area contributed by atoms with E-state index in [9.17, 15) is 9.59 Å². The summed E-state index contributed by atoms with van der Waals surface area (Å²) in [4.78, 5) is 23.3. The molecule has 1 aromatic carbocycles. The lowest BCUT2D eigenvalue weighted by atomic mass is 10.0. The van der Waals surface area contributed by atoms with Crippen molar-refractivity contribution in [3.63, 3.8) is 0 Å². The van der Waals surface area contributed by atoms with Crippen LogP contribution in [0.5, 0.6) is 0 Å². The molecule has 1 atom stereocenters. The van der Waals surface area contributed by atoms with Crippen molar-refractivity contribution in [1.29, 1.82) is 0 Å². The van der Waals surface area contributed by atoms with Gasteiger partial charge in [0, 0.05) is 12.0 Å². The summed E-state index contributed by atoms with van der Waals surface area (Å²) < 4.78 is 5.24. The Morgan fingerprint density at radius 1 is 1.20 bits per heavy atom.